The Morgan fingerprint density at radius 3 is 2.23 bits per heavy atom. The highest BCUT2D eigenvalue weighted by Gasteiger charge is 2.36. The van der Waals surface area contributed by atoms with Crippen molar-refractivity contribution in [3.63, 3.8) is 0 Å². The minimum absolute atomic E-state index is 0.0954. The van der Waals surface area contributed by atoms with E-state index in [9.17, 15) is 5.11 Å². The van der Waals surface area contributed by atoms with E-state index in [1.54, 1.807) is 7.11 Å². The Morgan fingerprint density at radius 1 is 1.31 bits per heavy atom. The molecule has 0 saturated carbocycles. The van der Waals surface area contributed by atoms with Crippen LogP contribution in [0, 0.1) is 0 Å². The zero-order valence-electron chi connectivity index (χ0n) is 7.79. The smallest absolute Gasteiger partial charge is 0.0988 e. The van der Waals surface area contributed by atoms with Crippen LogP contribution in [0.5, 0.6) is 0 Å². The number of ether oxygens (including phenoxy) is 1. The molecule has 0 unspecified atom stereocenters. The molecule has 1 aromatic rings. The summed E-state index contributed by atoms with van der Waals surface area (Å²) in [5, 5.41) is 9.26. The number of aliphatic hydroxyl groups excluding tert-OH is 1. The lowest BCUT2D eigenvalue weighted by Crippen LogP contribution is -2.36. The lowest BCUT2D eigenvalue weighted by molar-refractivity contribution is -0.0435. The molecule has 1 aromatic carbocycles. The highest BCUT2D eigenvalue weighted by molar-refractivity contribution is 5.35. The van der Waals surface area contributed by atoms with Gasteiger partial charge in [0.25, 0.3) is 0 Å². The van der Waals surface area contributed by atoms with Gasteiger partial charge in [0.05, 0.1) is 12.2 Å². The van der Waals surface area contributed by atoms with Crippen LogP contribution in [0.25, 0.3) is 0 Å². The van der Waals surface area contributed by atoms with Crippen LogP contribution in [0.4, 0.5) is 0 Å². The van der Waals surface area contributed by atoms with Gasteiger partial charge in [-0.15, -0.1) is 0 Å². The molecule has 0 aromatic heterocycles. The van der Waals surface area contributed by atoms with Gasteiger partial charge >= 0.3 is 0 Å². The average Bonchev–Trinajstić information content (AvgIpc) is 2.57. The number of rotatable bonds is 2. The van der Waals surface area contributed by atoms with Crippen molar-refractivity contribution in [1.29, 1.82) is 0 Å². The van der Waals surface area contributed by atoms with Gasteiger partial charge in [0.15, 0.2) is 0 Å². The van der Waals surface area contributed by atoms with Gasteiger partial charge in [-0.25, -0.2) is 0 Å². The minimum Gasteiger partial charge on any atom is -0.393 e. The molecule has 1 aliphatic rings. The van der Waals surface area contributed by atoms with Crippen molar-refractivity contribution in [2.75, 3.05) is 13.7 Å². The van der Waals surface area contributed by atoms with Crippen LogP contribution in [-0.4, -0.2) is 24.4 Å². The summed E-state index contributed by atoms with van der Waals surface area (Å²) in [6.45, 7) is 0.0954. The van der Waals surface area contributed by atoms with Crippen molar-refractivity contribution >= 4 is 0 Å². The molecular weight excluding hydrogens is 164 g/mol. The second-order valence-electron chi connectivity index (χ2n) is 3.67. The molecule has 0 spiro atoms. The quantitative estimate of drug-likeness (QED) is 0.736. The van der Waals surface area contributed by atoms with E-state index in [0.717, 1.165) is 12.8 Å². The molecule has 70 valence electrons. The molecule has 1 aliphatic carbocycles. The van der Waals surface area contributed by atoms with E-state index >= 15 is 0 Å². The first-order valence-electron chi connectivity index (χ1n) is 4.52. The summed E-state index contributed by atoms with van der Waals surface area (Å²) in [5.41, 5.74) is 2.25. The lowest BCUT2D eigenvalue weighted by atomic mass is 10.0. The number of fused-ring (bicyclic) bond motifs is 1. The predicted octanol–water partition coefficient (Wildman–Crippen LogP) is 1.16. The first-order valence-corrected chi connectivity index (χ1v) is 4.52. The maximum absolute atomic E-state index is 9.26. The third-order valence-corrected chi connectivity index (χ3v) is 2.86. The molecule has 0 heterocycles. The normalized spacial score (nSPS) is 18.6. The third-order valence-electron chi connectivity index (χ3n) is 2.86. The average molecular weight is 178 g/mol. The zero-order chi connectivity index (χ0) is 9.31. The molecule has 1 N–H and O–H groups in total. The molecule has 0 atom stereocenters. The Balaban J connectivity index is 2.30. The molecule has 0 radical (unpaired) electrons. The van der Waals surface area contributed by atoms with E-state index < -0.39 is 0 Å². The van der Waals surface area contributed by atoms with Crippen LogP contribution >= 0.6 is 0 Å². The number of aliphatic hydroxyl groups is 1. The van der Waals surface area contributed by atoms with Crippen molar-refractivity contribution in [1.82, 2.24) is 0 Å². The molecule has 0 bridgehead atoms. The summed E-state index contributed by atoms with van der Waals surface area (Å²) < 4.78 is 5.38. The van der Waals surface area contributed by atoms with E-state index in [0.29, 0.717) is 0 Å². The number of hydrogen-bond acceptors (Lipinski definition) is 2. The van der Waals surface area contributed by atoms with Crippen molar-refractivity contribution in [2.45, 2.75) is 18.4 Å². The monoisotopic (exact) mass is 178 g/mol. The standard InChI is InChI=1S/C11H14O2/c1-13-11(8-12)6-9-4-2-3-5-10(9)7-11/h2-5,12H,6-8H2,1H3. The Labute approximate surface area is 78.2 Å². The highest BCUT2D eigenvalue weighted by Crippen LogP contribution is 2.31. The zero-order valence-corrected chi connectivity index (χ0v) is 7.79. The molecule has 0 fully saturated rings. The van der Waals surface area contributed by atoms with Crippen molar-refractivity contribution < 1.29 is 9.84 Å². The van der Waals surface area contributed by atoms with Crippen LogP contribution in [0.3, 0.4) is 0 Å². The lowest BCUT2D eigenvalue weighted by Gasteiger charge is -2.24. The third kappa shape index (κ3) is 1.36. The van der Waals surface area contributed by atoms with Gasteiger partial charge in [0.2, 0.25) is 0 Å². The molecule has 2 rings (SSSR count). The molecule has 2 nitrogen and oxygen atoms in total. The SMILES string of the molecule is COC1(CO)Cc2ccccc2C1. The predicted molar refractivity (Wildman–Crippen MR) is 50.7 cm³/mol. The van der Waals surface area contributed by atoms with Crippen LogP contribution in [0.2, 0.25) is 0 Å². The van der Waals surface area contributed by atoms with Crippen molar-refractivity contribution in [3.8, 4) is 0 Å². The Morgan fingerprint density at radius 2 is 1.85 bits per heavy atom. The first-order chi connectivity index (χ1) is 6.29. The van der Waals surface area contributed by atoms with Crippen molar-refractivity contribution in [3.05, 3.63) is 35.4 Å². The van der Waals surface area contributed by atoms with Gasteiger partial charge < -0.3 is 9.84 Å². The Bertz CT molecular complexity index is 276. The van der Waals surface area contributed by atoms with E-state index in [1.807, 2.05) is 12.1 Å². The summed E-state index contributed by atoms with van der Waals surface area (Å²) >= 11 is 0. The minimum atomic E-state index is -0.357. The molecule has 0 aliphatic heterocycles. The van der Waals surface area contributed by atoms with E-state index in [4.69, 9.17) is 4.74 Å². The largest absolute Gasteiger partial charge is 0.393 e. The second-order valence-corrected chi connectivity index (χ2v) is 3.67. The van der Waals surface area contributed by atoms with Gasteiger partial charge in [-0.05, 0) is 11.1 Å². The maximum Gasteiger partial charge on any atom is 0.0988 e. The number of hydrogen-bond donors (Lipinski definition) is 1. The van der Waals surface area contributed by atoms with Crippen LogP contribution < -0.4 is 0 Å². The fourth-order valence-corrected chi connectivity index (χ4v) is 1.98. The van der Waals surface area contributed by atoms with Gasteiger partial charge in [0.1, 0.15) is 0 Å². The fraction of sp³-hybridized carbons (Fsp3) is 0.455. The van der Waals surface area contributed by atoms with E-state index in [2.05, 4.69) is 12.1 Å². The van der Waals surface area contributed by atoms with Crippen LogP contribution in [-0.2, 0) is 17.6 Å². The van der Waals surface area contributed by atoms with Crippen LogP contribution in [0.15, 0.2) is 24.3 Å². The van der Waals surface area contributed by atoms with E-state index in [1.165, 1.54) is 11.1 Å². The summed E-state index contributed by atoms with van der Waals surface area (Å²) in [7, 11) is 1.67. The van der Waals surface area contributed by atoms with Gasteiger partial charge in [-0.2, -0.15) is 0 Å². The Hall–Kier alpha value is -0.860. The maximum atomic E-state index is 9.26. The van der Waals surface area contributed by atoms with E-state index in [-0.39, 0.29) is 12.2 Å². The van der Waals surface area contributed by atoms with Gasteiger partial charge in [0, 0.05) is 20.0 Å². The molecule has 2 heteroatoms. The first kappa shape index (κ1) is 8.73. The Kier molecular flexibility index (Phi) is 2.10. The highest BCUT2D eigenvalue weighted by atomic mass is 16.5. The second kappa shape index (κ2) is 3.13. The molecular formula is C11H14O2. The summed E-state index contributed by atoms with van der Waals surface area (Å²) in [5.74, 6) is 0. The molecule has 0 saturated heterocycles. The van der Waals surface area contributed by atoms with Gasteiger partial charge in [-0.3, -0.25) is 0 Å². The topological polar surface area (TPSA) is 29.5 Å². The van der Waals surface area contributed by atoms with Gasteiger partial charge in [-0.1, -0.05) is 24.3 Å². The fourth-order valence-electron chi connectivity index (χ4n) is 1.98. The van der Waals surface area contributed by atoms with Crippen LogP contribution in [0.1, 0.15) is 11.1 Å². The number of methoxy groups -OCH3 is 1. The summed E-state index contributed by atoms with van der Waals surface area (Å²) in [6, 6.07) is 8.27. The molecule has 13 heavy (non-hydrogen) atoms. The summed E-state index contributed by atoms with van der Waals surface area (Å²) in [6.07, 6.45) is 1.66. The van der Waals surface area contributed by atoms with Crippen molar-refractivity contribution in [2.24, 2.45) is 0 Å². The number of benzene rings is 1. The summed E-state index contributed by atoms with van der Waals surface area (Å²) in [4.78, 5) is 0. The molecule has 0 amide bonds.